The first-order chi connectivity index (χ1) is 8.26. The number of rotatable bonds is 8. The zero-order chi connectivity index (χ0) is 12.5. The Kier molecular flexibility index (Phi) is 7.21. The molecule has 1 fully saturated rings. The fourth-order valence-corrected chi connectivity index (χ4v) is 2.21. The van der Waals surface area contributed by atoms with Gasteiger partial charge in [0.2, 0.25) is 0 Å². The van der Waals surface area contributed by atoms with Crippen LogP contribution in [0, 0.1) is 0 Å². The fraction of sp³-hybridized carbons (Fsp3) is 0.923. The molecule has 4 nitrogen and oxygen atoms in total. The topological polar surface area (TPSA) is 38.8 Å². The summed E-state index contributed by atoms with van der Waals surface area (Å²) >= 11 is 0. The first kappa shape index (κ1) is 14.5. The van der Waals surface area contributed by atoms with Gasteiger partial charge in [0.15, 0.2) is 0 Å². The Morgan fingerprint density at radius 2 is 2.18 bits per heavy atom. The van der Waals surface area contributed by atoms with Gasteiger partial charge in [-0.2, -0.15) is 0 Å². The van der Waals surface area contributed by atoms with Crippen molar-refractivity contribution < 1.29 is 14.3 Å². The largest absolute Gasteiger partial charge is 0.466 e. The maximum Gasteiger partial charge on any atom is 0.305 e. The van der Waals surface area contributed by atoms with Crippen LogP contribution in [0.3, 0.4) is 0 Å². The maximum absolute atomic E-state index is 11.1. The van der Waals surface area contributed by atoms with E-state index in [0.29, 0.717) is 19.1 Å². The minimum Gasteiger partial charge on any atom is -0.466 e. The normalized spacial score (nSPS) is 20.7. The lowest BCUT2D eigenvalue weighted by molar-refractivity contribution is -0.143. The number of unbranched alkanes of at least 4 members (excludes halogenated alkanes) is 2. The number of likely N-dealkylation sites (tertiary alicyclic amines) is 1. The second-order valence-electron chi connectivity index (χ2n) is 4.56. The number of hydrogen-bond acceptors (Lipinski definition) is 4. The van der Waals surface area contributed by atoms with E-state index in [4.69, 9.17) is 9.47 Å². The molecule has 1 unspecified atom stereocenters. The van der Waals surface area contributed by atoms with Crippen LogP contribution in [0.1, 0.15) is 39.0 Å². The van der Waals surface area contributed by atoms with Crippen molar-refractivity contribution in [1.82, 2.24) is 4.90 Å². The zero-order valence-corrected chi connectivity index (χ0v) is 11.1. The Labute approximate surface area is 104 Å². The third-order valence-corrected chi connectivity index (χ3v) is 3.22. The molecule has 1 rings (SSSR count). The summed E-state index contributed by atoms with van der Waals surface area (Å²) in [6.45, 7) is 5.68. The van der Waals surface area contributed by atoms with Gasteiger partial charge in [-0.05, 0) is 32.7 Å². The first-order valence-electron chi connectivity index (χ1n) is 6.67. The second-order valence-corrected chi connectivity index (χ2v) is 4.56. The monoisotopic (exact) mass is 243 g/mol. The minimum absolute atomic E-state index is 0.0619. The van der Waals surface area contributed by atoms with Crippen molar-refractivity contribution in [3.8, 4) is 0 Å². The summed E-state index contributed by atoms with van der Waals surface area (Å²) < 4.78 is 10.2. The van der Waals surface area contributed by atoms with E-state index in [9.17, 15) is 4.79 Å². The molecular weight excluding hydrogens is 218 g/mol. The number of methoxy groups -OCH3 is 1. The van der Waals surface area contributed by atoms with Gasteiger partial charge in [0, 0.05) is 26.6 Å². The highest BCUT2D eigenvalue weighted by Crippen LogP contribution is 2.13. The van der Waals surface area contributed by atoms with Crippen LogP contribution in [-0.2, 0) is 14.3 Å². The summed E-state index contributed by atoms with van der Waals surface area (Å²) in [5.74, 6) is -0.0619. The Hall–Kier alpha value is -0.610. The third kappa shape index (κ3) is 6.03. The molecule has 1 aliphatic heterocycles. The van der Waals surface area contributed by atoms with Crippen LogP contribution in [0.25, 0.3) is 0 Å². The molecule has 0 aromatic rings. The van der Waals surface area contributed by atoms with Gasteiger partial charge in [0.1, 0.15) is 0 Å². The SMILES string of the molecule is CCOC(=O)CCCCCN1CCC(OC)C1. The summed E-state index contributed by atoms with van der Waals surface area (Å²) in [4.78, 5) is 13.5. The fourth-order valence-electron chi connectivity index (χ4n) is 2.21. The highest BCUT2D eigenvalue weighted by atomic mass is 16.5. The predicted octanol–water partition coefficient (Wildman–Crippen LogP) is 1.83. The van der Waals surface area contributed by atoms with E-state index in [1.54, 1.807) is 7.11 Å². The molecule has 1 aliphatic rings. The molecular formula is C13H25NO3. The maximum atomic E-state index is 11.1. The molecule has 0 radical (unpaired) electrons. The van der Waals surface area contributed by atoms with Crippen molar-refractivity contribution in [1.29, 1.82) is 0 Å². The van der Waals surface area contributed by atoms with Crippen LogP contribution in [-0.4, -0.2) is 50.3 Å². The van der Waals surface area contributed by atoms with Gasteiger partial charge in [0.25, 0.3) is 0 Å². The molecule has 1 heterocycles. The number of ether oxygens (including phenoxy) is 2. The van der Waals surface area contributed by atoms with Crippen molar-refractivity contribution in [2.45, 2.75) is 45.1 Å². The van der Waals surface area contributed by atoms with Gasteiger partial charge in [-0.3, -0.25) is 4.79 Å². The summed E-state index contributed by atoms with van der Waals surface area (Å²) in [6.07, 6.45) is 5.35. The molecule has 17 heavy (non-hydrogen) atoms. The van der Waals surface area contributed by atoms with Crippen LogP contribution in [0.15, 0.2) is 0 Å². The van der Waals surface area contributed by atoms with Crippen LogP contribution in [0.2, 0.25) is 0 Å². The lowest BCUT2D eigenvalue weighted by atomic mass is 10.2. The predicted molar refractivity (Wildman–Crippen MR) is 67.0 cm³/mol. The minimum atomic E-state index is -0.0619. The standard InChI is InChI=1S/C13H25NO3/c1-3-17-13(15)7-5-4-6-9-14-10-8-12(11-14)16-2/h12H,3-11H2,1-2H3. The quantitative estimate of drug-likeness (QED) is 0.481. The van der Waals surface area contributed by atoms with Crippen molar-refractivity contribution >= 4 is 5.97 Å². The van der Waals surface area contributed by atoms with Gasteiger partial charge in [-0.15, -0.1) is 0 Å². The molecule has 0 aliphatic carbocycles. The highest BCUT2D eigenvalue weighted by Gasteiger charge is 2.20. The number of carbonyl (C=O) groups is 1. The van der Waals surface area contributed by atoms with Crippen molar-refractivity contribution in [2.24, 2.45) is 0 Å². The number of carbonyl (C=O) groups excluding carboxylic acids is 1. The third-order valence-electron chi connectivity index (χ3n) is 3.22. The molecule has 0 bridgehead atoms. The zero-order valence-electron chi connectivity index (χ0n) is 11.1. The van der Waals surface area contributed by atoms with E-state index < -0.39 is 0 Å². The second kappa shape index (κ2) is 8.48. The van der Waals surface area contributed by atoms with E-state index in [1.807, 2.05) is 6.92 Å². The van der Waals surface area contributed by atoms with Crippen LogP contribution >= 0.6 is 0 Å². The van der Waals surface area contributed by atoms with E-state index in [0.717, 1.165) is 45.3 Å². The highest BCUT2D eigenvalue weighted by molar-refractivity contribution is 5.69. The summed E-state index contributed by atoms with van der Waals surface area (Å²) in [5.41, 5.74) is 0. The van der Waals surface area contributed by atoms with Gasteiger partial charge >= 0.3 is 5.97 Å². The van der Waals surface area contributed by atoms with Gasteiger partial charge in [0.05, 0.1) is 12.7 Å². The Balaban J connectivity index is 1.92. The summed E-state index contributed by atoms with van der Waals surface area (Å²) in [5, 5.41) is 0. The molecule has 100 valence electrons. The lowest BCUT2D eigenvalue weighted by Gasteiger charge is -2.14. The number of hydrogen-bond donors (Lipinski definition) is 0. The molecule has 1 atom stereocenters. The van der Waals surface area contributed by atoms with Crippen molar-refractivity contribution in [3.63, 3.8) is 0 Å². The van der Waals surface area contributed by atoms with Crippen molar-refractivity contribution in [3.05, 3.63) is 0 Å². The lowest BCUT2D eigenvalue weighted by Crippen LogP contribution is -2.23. The molecule has 0 N–H and O–H groups in total. The van der Waals surface area contributed by atoms with E-state index in [-0.39, 0.29) is 5.97 Å². The summed E-state index contributed by atoms with van der Waals surface area (Å²) in [6, 6.07) is 0. The van der Waals surface area contributed by atoms with E-state index in [1.165, 1.54) is 0 Å². The average Bonchev–Trinajstić information content (AvgIpc) is 2.77. The van der Waals surface area contributed by atoms with Gasteiger partial charge in [-0.1, -0.05) is 6.42 Å². The van der Waals surface area contributed by atoms with E-state index in [2.05, 4.69) is 4.90 Å². The van der Waals surface area contributed by atoms with Crippen LogP contribution < -0.4 is 0 Å². The molecule has 1 saturated heterocycles. The van der Waals surface area contributed by atoms with E-state index >= 15 is 0 Å². The van der Waals surface area contributed by atoms with Crippen molar-refractivity contribution in [2.75, 3.05) is 33.4 Å². The Morgan fingerprint density at radius 1 is 1.35 bits per heavy atom. The molecule has 4 heteroatoms. The molecule has 0 spiro atoms. The summed E-state index contributed by atoms with van der Waals surface area (Å²) in [7, 11) is 1.79. The van der Waals surface area contributed by atoms with Gasteiger partial charge in [-0.25, -0.2) is 0 Å². The molecule has 0 amide bonds. The molecule has 0 aromatic heterocycles. The van der Waals surface area contributed by atoms with Crippen LogP contribution in [0.4, 0.5) is 0 Å². The smallest absolute Gasteiger partial charge is 0.305 e. The average molecular weight is 243 g/mol. The Bertz CT molecular complexity index is 221. The van der Waals surface area contributed by atoms with Crippen LogP contribution in [0.5, 0.6) is 0 Å². The first-order valence-corrected chi connectivity index (χ1v) is 6.67. The Morgan fingerprint density at radius 3 is 2.82 bits per heavy atom. The number of esters is 1. The number of nitrogens with zero attached hydrogens (tertiary/aromatic N) is 1. The molecule has 0 aromatic carbocycles. The molecule has 0 saturated carbocycles. The van der Waals surface area contributed by atoms with Gasteiger partial charge < -0.3 is 14.4 Å².